The van der Waals surface area contributed by atoms with Crippen LogP contribution in [0.1, 0.15) is 26.7 Å². The van der Waals surface area contributed by atoms with Crippen LogP contribution in [0.15, 0.2) is 0 Å². The van der Waals surface area contributed by atoms with Crippen molar-refractivity contribution in [3.63, 3.8) is 0 Å². The number of likely N-dealkylation sites (N-methyl/N-ethyl adjacent to an activating group) is 1. The first-order chi connectivity index (χ1) is 8.95. The van der Waals surface area contributed by atoms with E-state index < -0.39 is 10.2 Å². The fraction of sp³-hybridized carbons (Fsp3) is 1.00. The van der Waals surface area contributed by atoms with Crippen molar-refractivity contribution in [2.45, 2.75) is 44.9 Å². The van der Waals surface area contributed by atoms with Crippen molar-refractivity contribution < 1.29 is 13.2 Å². The maximum absolute atomic E-state index is 12.7. The van der Waals surface area contributed by atoms with Crippen molar-refractivity contribution >= 4 is 10.2 Å². The van der Waals surface area contributed by atoms with Crippen LogP contribution < -0.4 is 5.32 Å². The van der Waals surface area contributed by atoms with Crippen molar-refractivity contribution in [2.24, 2.45) is 0 Å². The van der Waals surface area contributed by atoms with Gasteiger partial charge in [-0.3, -0.25) is 0 Å². The molecule has 112 valence electrons. The summed E-state index contributed by atoms with van der Waals surface area (Å²) in [5, 5.41) is 3.08. The number of rotatable bonds is 4. The van der Waals surface area contributed by atoms with Crippen LogP contribution in [-0.4, -0.2) is 68.5 Å². The maximum Gasteiger partial charge on any atom is 0.282 e. The summed E-state index contributed by atoms with van der Waals surface area (Å²) in [5.74, 6) is 0. The van der Waals surface area contributed by atoms with Crippen molar-refractivity contribution in [2.75, 3.05) is 33.2 Å². The first-order valence-corrected chi connectivity index (χ1v) is 8.41. The molecule has 0 aliphatic carbocycles. The van der Waals surface area contributed by atoms with Gasteiger partial charge in [0.25, 0.3) is 10.2 Å². The van der Waals surface area contributed by atoms with Crippen LogP contribution in [-0.2, 0) is 14.9 Å². The largest absolute Gasteiger partial charge is 0.373 e. The Bertz CT molecular complexity index is 391. The lowest BCUT2D eigenvalue weighted by Crippen LogP contribution is -2.54. The third kappa shape index (κ3) is 3.28. The molecule has 3 atom stereocenters. The SMILES string of the molecule is CNC[C@@H]1CCCN1S(=O)(=O)N1C[C@H](C)O[C@@H](C)C1. The summed E-state index contributed by atoms with van der Waals surface area (Å²) in [7, 11) is -1.49. The maximum atomic E-state index is 12.7. The second kappa shape index (κ2) is 6.05. The van der Waals surface area contributed by atoms with Crippen molar-refractivity contribution in [1.82, 2.24) is 13.9 Å². The van der Waals surface area contributed by atoms with Gasteiger partial charge >= 0.3 is 0 Å². The molecular weight excluding hydrogens is 266 g/mol. The van der Waals surface area contributed by atoms with E-state index in [0.29, 0.717) is 26.2 Å². The van der Waals surface area contributed by atoms with E-state index in [4.69, 9.17) is 4.74 Å². The third-order valence-electron chi connectivity index (χ3n) is 3.77. The van der Waals surface area contributed by atoms with Gasteiger partial charge in [-0.15, -0.1) is 0 Å². The topological polar surface area (TPSA) is 61.9 Å². The molecule has 1 N–H and O–H groups in total. The Balaban J connectivity index is 2.12. The molecule has 0 bridgehead atoms. The van der Waals surface area contributed by atoms with E-state index in [9.17, 15) is 8.42 Å². The fourth-order valence-electron chi connectivity index (χ4n) is 3.02. The smallest absolute Gasteiger partial charge is 0.282 e. The van der Waals surface area contributed by atoms with E-state index in [1.807, 2.05) is 20.9 Å². The standard InChI is InChI=1S/C12H25N3O3S/c1-10-8-14(9-11(2)18-10)19(16,17)15-6-4-5-12(15)7-13-3/h10-13H,4-9H2,1-3H3/t10-,11-,12-/m0/s1. The second-order valence-corrected chi connectivity index (χ2v) is 7.43. The van der Waals surface area contributed by atoms with Crippen LogP contribution in [0, 0.1) is 0 Å². The number of nitrogens with one attached hydrogen (secondary N) is 1. The van der Waals surface area contributed by atoms with Gasteiger partial charge in [0, 0.05) is 32.2 Å². The minimum absolute atomic E-state index is 0.0381. The van der Waals surface area contributed by atoms with Crippen LogP contribution in [0.3, 0.4) is 0 Å². The molecule has 0 spiro atoms. The first kappa shape index (κ1) is 15.2. The predicted molar refractivity (Wildman–Crippen MR) is 74.2 cm³/mol. The van der Waals surface area contributed by atoms with Gasteiger partial charge in [-0.2, -0.15) is 17.0 Å². The number of morpholine rings is 1. The average molecular weight is 291 g/mol. The van der Waals surface area contributed by atoms with Gasteiger partial charge in [0.1, 0.15) is 0 Å². The summed E-state index contributed by atoms with van der Waals surface area (Å²) < 4.78 is 34.3. The molecule has 0 saturated carbocycles. The zero-order valence-electron chi connectivity index (χ0n) is 12.0. The molecule has 6 nitrogen and oxygen atoms in total. The molecule has 2 rings (SSSR count). The number of nitrogens with zero attached hydrogens (tertiary/aromatic N) is 2. The monoisotopic (exact) mass is 291 g/mol. The van der Waals surface area contributed by atoms with Crippen molar-refractivity contribution in [3.05, 3.63) is 0 Å². The Labute approximate surface area is 116 Å². The minimum Gasteiger partial charge on any atom is -0.373 e. The van der Waals surface area contributed by atoms with Gasteiger partial charge in [0.05, 0.1) is 12.2 Å². The van der Waals surface area contributed by atoms with E-state index in [2.05, 4.69) is 5.32 Å². The Kier molecular flexibility index (Phi) is 4.84. The predicted octanol–water partition coefficient (Wildman–Crippen LogP) is 0.0242. The van der Waals surface area contributed by atoms with Crippen LogP contribution in [0.25, 0.3) is 0 Å². The summed E-state index contributed by atoms with van der Waals surface area (Å²) >= 11 is 0. The number of hydrogen-bond donors (Lipinski definition) is 1. The number of ether oxygens (including phenoxy) is 1. The van der Waals surface area contributed by atoms with E-state index in [-0.39, 0.29) is 18.2 Å². The van der Waals surface area contributed by atoms with Crippen LogP contribution in [0.2, 0.25) is 0 Å². The molecule has 2 fully saturated rings. The molecule has 19 heavy (non-hydrogen) atoms. The highest BCUT2D eigenvalue weighted by Crippen LogP contribution is 2.25. The van der Waals surface area contributed by atoms with E-state index in [1.165, 1.54) is 0 Å². The van der Waals surface area contributed by atoms with E-state index in [0.717, 1.165) is 12.8 Å². The minimum atomic E-state index is -3.35. The Morgan fingerprint density at radius 3 is 2.47 bits per heavy atom. The Morgan fingerprint density at radius 2 is 1.89 bits per heavy atom. The zero-order valence-corrected chi connectivity index (χ0v) is 12.8. The molecule has 7 heteroatoms. The Morgan fingerprint density at radius 1 is 1.26 bits per heavy atom. The first-order valence-electron chi connectivity index (χ1n) is 7.02. The molecule has 0 amide bonds. The molecule has 2 heterocycles. The lowest BCUT2D eigenvalue weighted by Gasteiger charge is -2.37. The highest BCUT2D eigenvalue weighted by Gasteiger charge is 2.40. The zero-order chi connectivity index (χ0) is 14.0. The highest BCUT2D eigenvalue weighted by atomic mass is 32.2. The molecular formula is C12H25N3O3S. The van der Waals surface area contributed by atoms with Gasteiger partial charge in [-0.05, 0) is 33.7 Å². The lowest BCUT2D eigenvalue weighted by atomic mass is 10.2. The van der Waals surface area contributed by atoms with Gasteiger partial charge in [0.15, 0.2) is 0 Å². The van der Waals surface area contributed by atoms with Crippen molar-refractivity contribution in [3.8, 4) is 0 Å². The summed E-state index contributed by atoms with van der Waals surface area (Å²) in [5.41, 5.74) is 0. The Hall–Kier alpha value is -0.210. The molecule has 0 aromatic rings. The number of hydrogen-bond acceptors (Lipinski definition) is 4. The van der Waals surface area contributed by atoms with E-state index >= 15 is 0 Å². The highest BCUT2D eigenvalue weighted by molar-refractivity contribution is 7.86. The summed E-state index contributed by atoms with van der Waals surface area (Å²) in [4.78, 5) is 0. The summed E-state index contributed by atoms with van der Waals surface area (Å²) in [6.07, 6.45) is 1.81. The lowest BCUT2D eigenvalue weighted by molar-refractivity contribution is -0.0455. The normalized spacial score (nSPS) is 34.8. The van der Waals surface area contributed by atoms with Crippen LogP contribution >= 0.6 is 0 Å². The van der Waals surface area contributed by atoms with Gasteiger partial charge < -0.3 is 10.1 Å². The molecule has 0 aromatic carbocycles. The van der Waals surface area contributed by atoms with Gasteiger partial charge in [-0.1, -0.05) is 0 Å². The summed E-state index contributed by atoms with van der Waals surface area (Å²) in [6.45, 7) is 6.11. The van der Waals surface area contributed by atoms with Gasteiger partial charge in [0.2, 0.25) is 0 Å². The molecule has 0 aromatic heterocycles. The summed E-state index contributed by atoms with van der Waals surface area (Å²) in [6, 6.07) is 0.0865. The average Bonchev–Trinajstić information content (AvgIpc) is 2.77. The van der Waals surface area contributed by atoms with Crippen LogP contribution in [0.5, 0.6) is 0 Å². The second-order valence-electron chi connectivity index (χ2n) is 5.55. The molecule has 0 unspecified atom stereocenters. The molecule has 2 aliphatic rings. The van der Waals surface area contributed by atoms with E-state index in [1.54, 1.807) is 8.61 Å². The fourth-order valence-corrected chi connectivity index (χ4v) is 5.03. The third-order valence-corrected chi connectivity index (χ3v) is 5.80. The van der Waals surface area contributed by atoms with Gasteiger partial charge in [-0.25, -0.2) is 0 Å². The molecule has 2 saturated heterocycles. The molecule has 0 radical (unpaired) electrons. The quantitative estimate of drug-likeness (QED) is 0.793. The van der Waals surface area contributed by atoms with Crippen molar-refractivity contribution in [1.29, 1.82) is 0 Å². The molecule has 2 aliphatic heterocycles. The van der Waals surface area contributed by atoms with Crippen LogP contribution in [0.4, 0.5) is 0 Å².